The number of benzene rings is 2. The molecule has 1 aliphatic heterocycles. The van der Waals surface area contributed by atoms with Crippen molar-refractivity contribution in [2.45, 2.75) is 19.8 Å². The van der Waals surface area contributed by atoms with E-state index in [-0.39, 0.29) is 30.5 Å². The SMILES string of the molecule is O=C1O/C(=C/Cn2cnc3c(-n4cccc4)ncnc32)C(OCc2ccccc2)=C1OCc1ccccc1. The average Bonchev–Trinajstić information content (AvgIpc) is 3.70. The molecule has 0 saturated carbocycles. The lowest BCUT2D eigenvalue weighted by atomic mass is 10.2. The number of aromatic nitrogens is 5. The monoisotopic (exact) mass is 505 g/mol. The molecule has 0 radical (unpaired) electrons. The number of ether oxygens (including phenoxy) is 3. The molecule has 0 bridgehead atoms. The van der Waals surface area contributed by atoms with Crippen LogP contribution in [-0.2, 0) is 38.8 Å². The Morgan fingerprint density at radius 3 is 2.13 bits per heavy atom. The van der Waals surface area contributed by atoms with Crippen LogP contribution in [0.5, 0.6) is 0 Å². The van der Waals surface area contributed by atoms with Crippen molar-refractivity contribution in [2.24, 2.45) is 0 Å². The molecular weight excluding hydrogens is 482 g/mol. The molecule has 1 aliphatic rings. The second-order valence-corrected chi connectivity index (χ2v) is 8.52. The number of imidazole rings is 1. The van der Waals surface area contributed by atoms with Crippen LogP contribution in [0.3, 0.4) is 0 Å². The number of cyclic esters (lactones) is 1. The molecule has 0 unspecified atom stereocenters. The molecular formula is C29H23N5O4. The summed E-state index contributed by atoms with van der Waals surface area (Å²) >= 11 is 0. The van der Waals surface area contributed by atoms with Crippen molar-refractivity contribution in [3.05, 3.63) is 132 Å². The fourth-order valence-corrected chi connectivity index (χ4v) is 4.10. The second kappa shape index (κ2) is 10.4. The number of carbonyl (C=O) groups is 1. The molecule has 38 heavy (non-hydrogen) atoms. The maximum absolute atomic E-state index is 12.8. The zero-order chi connectivity index (χ0) is 25.7. The quantitative estimate of drug-likeness (QED) is 0.268. The van der Waals surface area contributed by atoms with Gasteiger partial charge in [-0.2, -0.15) is 0 Å². The van der Waals surface area contributed by atoms with Gasteiger partial charge in [-0.05, 0) is 29.3 Å². The molecule has 4 heterocycles. The minimum atomic E-state index is -0.594. The van der Waals surface area contributed by atoms with E-state index in [1.54, 1.807) is 12.4 Å². The lowest BCUT2D eigenvalue weighted by Gasteiger charge is -2.10. The van der Waals surface area contributed by atoms with Gasteiger partial charge in [-0.15, -0.1) is 0 Å². The summed E-state index contributed by atoms with van der Waals surface area (Å²) in [6.45, 7) is 0.803. The molecule has 9 heteroatoms. The van der Waals surface area contributed by atoms with Gasteiger partial charge in [0.1, 0.15) is 19.5 Å². The zero-order valence-corrected chi connectivity index (χ0v) is 20.3. The van der Waals surface area contributed by atoms with Crippen LogP contribution < -0.4 is 0 Å². The van der Waals surface area contributed by atoms with E-state index in [2.05, 4.69) is 15.0 Å². The summed E-state index contributed by atoms with van der Waals surface area (Å²) < 4.78 is 21.3. The zero-order valence-electron chi connectivity index (χ0n) is 20.3. The Bertz CT molecular complexity index is 1620. The molecule has 0 N–H and O–H groups in total. The number of esters is 1. The summed E-state index contributed by atoms with van der Waals surface area (Å²) in [5.74, 6) is 0.686. The minimum absolute atomic E-state index is 0.0451. The summed E-state index contributed by atoms with van der Waals surface area (Å²) in [6.07, 6.45) is 8.75. The number of carbonyl (C=O) groups excluding carboxylic acids is 1. The van der Waals surface area contributed by atoms with Gasteiger partial charge >= 0.3 is 5.97 Å². The van der Waals surface area contributed by atoms with Gasteiger partial charge in [0.2, 0.25) is 5.76 Å². The Balaban J connectivity index is 1.28. The first-order valence-electron chi connectivity index (χ1n) is 12.1. The third-order valence-electron chi connectivity index (χ3n) is 5.97. The summed E-state index contributed by atoms with van der Waals surface area (Å²) in [5.41, 5.74) is 3.20. The lowest BCUT2D eigenvalue weighted by molar-refractivity contribution is -0.136. The van der Waals surface area contributed by atoms with E-state index in [0.29, 0.717) is 23.5 Å². The van der Waals surface area contributed by atoms with Crippen LogP contribution >= 0.6 is 0 Å². The lowest BCUT2D eigenvalue weighted by Crippen LogP contribution is -2.04. The molecule has 0 atom stereocenters. The van der Waals surface area contributed by atoms with Crippen molar-refractivity contribution in [1.82, 2.24) is 24.1 Å². The largest absolute Gasteiger partial charge is 0.481 e. The van der Waals surface area contributed by atoms with Gasteiger partial charge in [-0.3, -0.25) is 0 Å². The number of rotatable bonds is 9. The highest BCUT2D eigenvalue weighted by molar-refractivity contribution is 5.91. The molecule has 0 spiro atoms. The Morgan fingerprint density at radius 1 is 0.789 bits per heavy atom. The standard InChI is InChI=1S/C29H23N5O4/c35-29-26(37-18-22-11-5-2-6-12-22)25(36-17-21-9-3-1-4-10-21)23(38-29)13-16-34-20-32-24-27(30-19-31-28(24)34)33-14-7-8-15-33/h1-15,19-20H,16-18H2/b23-13+. The average molecular weight is 506 g/mol. The van der Waals surface area contributed by atoms with Crippen molar-refractivity contribution >= 4 is 17.1 Å². The number of hydrogen-bond donors (Lipinski definition) is 0. The van der Waals surface area contributed by atoms with Crippen molar-refractivity contribution in [3.8, 4) is 5.82 Å². The van der Waals surface area contributed by atoms with Crippen LogP contribution in [0.1, 0.15) is 11.1 Å². The molecule has 5 aromatic rings. The van der Waals surface area contributed by atoms with Gasteiger partial charge in [0.15, 0.2) is 22.7 Å². The molecule has 0 aliphatic carbocycles. The predicted octanol–water partition coefficient (Wildman–Crippen LogP) is 4.70. The molecule has 2 aromatic carbocycles. The van der Waals surface area contributed by atoms with Gasteiger partial charge < -0.3 is 23.3 Å². The van der Waals surface area contributed by atoms with Gasteiger partial charge in [-0.1, -0.05) is 60.7 Å². The summed E-state index contributed by atoms with van der Waals surface area (Å²) in [6, 6.07) is 23.2. The topological polar surface area (TPSA) is 93.3 Å². The molecule has 6 rings (SSSR count). The Kier molecular flexibility index (Phi) is 6.38. The molecule has 0 saturated heterocycles. The predicted molar refractivity (Wildman–Crippen MR) is 138 cm³/mol. The van der Waals surface area contributed by atoms with Gasteiger partial charge in [0.05, 0.1) is 6.33 Å². The Hall–Kier alpha value is -5.18. The number of allylic oxidation sites excluding steroid dienone is 1. The third kappa shape index (κ3) is 4.77. The maximum Gasteiger partial charge on any atom is 0.383 e. The number of nitrogens with zero attached hydrogens (tertiary/aromatic N) is 5. The minimum Gasteiger partial charge on any atom is -0.481 e. The third-order valence-corrected chi connectivity index (χ3v) is 5.97. The Labute approximate surface area is 218 Å². The van der Waals surface area contributed by atoms with E-state index >= 15 is 0 Å². The van der Waals surface area contributed by atoms with E-state index in [0.717, 1.165) is 11.1 Å². The van der Waals surface area contributed by atoms with E-state index < -0.39 is 5.97 Å². The second-order valence-electron chi connectivity index (χ2n) is 8.52. The van der Waals surface area contributed by atoms with E-state index in [4.69, 9.17) is 14.2 Å². The van der Waals surface area contributed by atoms with E-state index in [9.17, 15) is 4.79 Å². The smallest absolute Gasteiger partial charge is 0.383 e. The number of fused-ring (bicyclic) bond motifs is 1. The van der Waals surface area contributed by atoms with Crippen LogP contribution in [0.25, 0.3) is 17.0 Å². The maximum atomic E-state index is 12.8. The van der Waals surface area contributed by atoms with Crippen molar-refractivity contribution < 1.29 is 19.0 Å². The van der Waals surface area contributed by atoms with Crippen LogP contribution in [0.4, 0.5) is 0 Å². The van der Waals surface area contributed by atoms with Gasteiger partial charge in [0.25, 0.3) is 5.76 Å². The summed E-state index contributed by atoms with van der Waals surface area (Å²) in [5, 5.41) is 0. The molecule has 3 aromatic heterocycles. The van der Waals surface area contributed by atoms with Crippen molar-refractivity contribution in [3.63, 3.8) is 0 Å². The van der Waals surface area contributed by atoms with Crippen LogP contribution in [0, 0.1) is 0 Å². The first-order chi connectivity index (χ1) is 18.8. The van der Waals surface area contributed by atoms with Crippen LogP contribution in [-0.4, -0.2) is 30.1 Å². The fraction of sp³-hybridized carbons (Fsp3) is 0.103. The highest BCUT2D eigenvalue weighted by Gasteiger charge is 2.34. The number of hydrogen-bond acceptors (Lipinski definition) is 7. The van der Waals surface area contributed by atoms with Crippen molar-refractivity contribution in [2.75, 3.05) is 0 Å². The van der Waals surface area contributed by atoms with Gasteiger partial charge in [0, 0.05) is 18.9 Å². The van der Waals surface area contributed by atoms with Gasteiger partial charge in [-0.25, -0.2) is 19.7 Å². The fourth-order valence-electron chi connectivity index (χ4n) is 4.10. The molecule has 9 nitrogen and oxygen atoms in total. The Morgan fingerprint density at radius 2 is 1.45 bits per heavy atom. The highest BCUT2D eigenvalue weighted by atomic mass is 16.6. The van der Waals surface area contributed by atoms with E-state index in [1.807, 2.05) is 94.3 Å². The van der Waals surface area contributed by atoms with E-state index in [1.165, 1.54) is 6.33 Å². The summed E-state index contributed by atoms with van der Waals surface area (Å²) in [4.78, 5) is 26.1. The van der Waals surface area contributed by atoms with Crippen LogP contribution in [0.2, 0.25) is 0 Å². The molecule has 188 valence electrons. The first kappa shape index (κ1) is 23.2. The summed E-state index contributed by atoms with van der Waals surface area (Å²) in [7, 11) is 0. The molecule has 0 amide bonds. The highest BCUT2D eigenvalue weighted by Crippen LogP contribution is 2.30. The first-order valence-corrected chi connectivity index (χ1v) is 12.1. The molecule has 0 fully saturated rings. The van der Waals surface area contributed by atoms with Crippen molar-refractivity contribution in [1.29, 1.82) is 0 Å². The van der Waals surface area contributed by atoms with Crippen LogP contribution in [0.15, 0.2) is 121 Å². The normalized spacial score (nSPS) is 14.3.